The van der Waals surface area contributed by atoms with E-state index in [9.17, 15) is 0 Å². The Hall–Kier alpha value is -0.200. The van der Waals surface area contributed by atoms with Crippen molar-refractivity contribution in [1.82, 2.24) is 4.90 Å². The van der Waals surface area contributed by atoms with Crippen LogP contribution in [0.2, 0.25) is 0 Å². The molecular formula is C31H63NO4. The SMILES string of the molecule is CCCCCCCCCN1CC(OCCCC)C(OCCCC)C(OCCCC)C1COCCCC. The molecule has 0 N–H and O–H groups in total. The summed E-state index contributed by atoms with van der Waals surface area (Å²) in [4.78, 5) is 2.63. The second kappa shape index (κ2) is 23.9. The largest absolute Gasteiger partial charge is 0.380 e. The van der Waals surface area contributed by atoms with E-state index in [2.05, 4.69) is 39.5 Å². The molecule has 5 heteroatoms. The highest BCUT2D eigenvalue weighted by Gasteiger charge is 2.45. The van der Waals surface area contributed by atoms with Crippen molar-refractivity contribution in [2.24, 2.45) is 0 Å². The molecule has 0 bridgehead atoms. The first-order valence-corrected chi connectivity index (χ1v) is 15.9. The molecular weight excluding hydrogens is 450 g/mol. The molecule has 0 aromatic heterocycles. The summed E-state index contributed by atoms with van der Waals surface area (Å²) in [7, 11) is 0. The van der Waals surface area contributed by atoms with E-state index in [4.69, 9.17) is 18.9 Å². The van der Waals surface area contributed by atoms with Crippen molar-refractivity contribution in [2.75, 3.05) is 46.1 Å². The van der Waals surface area contributed by atoms with Gasteiger partial charge in [0.05, 0.1) is 18.8 Å². The lowest BCUT2D eigenvalue weighted by atomic mass is 9.92. The van der Waals surface area contributed by atoms with Crippen LogP contribution in [-0.4, -0.2) is 75.4 Å². The molecule has 0 aromatic carbocycles. The van der Waals surface area contributed by atoms with E-state index in [0.29, 0.717) is 0 Å². The third-order valence-electron chi connectivity index (χ3n) is 7.38. The van der Waals surface area contributed by atoms with Crippen molar-refractivity contribution in [3.8, 4) is 0 Å². The average Bonchev–Trinajstić information content (AvgIpc) is 2.88. The van der Waals surface area contributed by atoms with Crippen molar-refractivity contribution in [2.45, 2.75) is 155 Å². The lowest BCUT2D eigenvalue weighted by Crippen LogP contribution is -2.65. The van der Waals surface area contributed by atoms with Crippen molar-refractivity contribution in [1.29, 1.82) is 0 Å². The third kappa shape index (κ3) is 14.7. The lowest BCUT2D eigenvalue weighted by molar-refractivity contribution is -0.201. The van der Waals surface area contributed by atoms with Crippen molar-refractivity contribution >= 4 is 0 Å². The van der Waals surface area contributed by atoms with Gasteiger partial charge in [-0.05, 0) is 38.6 Å². The van der Waals surface area contributed by atoms with Gasteiger partial charge in [-0.3, -0.25) is 4.90 Å². The molecule has 0 saturated carbocycles. The summed E-state index contributed by atoms with van der Waals surface area (Å²) in [6.07, 6.45) is 18.4. The molecule has 0 aromatic rings. The summed E-state index contributed by atoms with van der Waals surface area (Å²) in [5, 5.41) is 0. The molecule has 0 radical (unpaired) electrons. The molecule has 0 amide bonds. The van der Waals surface area contributed by atoms with Crippen molar-refractivity contribution in [3.05, 3.63) is 0 Å². The van der Waals surface area contributed by atoms with Gasteiger partial charge in [0, 0.05) is 33.0 Å². The normalized spacial score (nSPS) is 22.9. The van der Waals surface area contributed by atoms with Crippen LogP contribution in [0.25, 0.3) is 0 Å². The first kappa shape index (κ1) is 33.8. The van der Waals surface area contributed by atoms with E-state index in [1.54, 1.807) is 0 Å². The van der Waals surface area contributed by atoms with Gasteiger partial charge in [-0.25, -0.2) is 0 Å². The number of piperidine rings is 1. The second-order valence-electron chi connectivity index (χ2n) is 10.8. The van der Waals surface area contributed by atoms with Crippen LogP contribution in [0, 0.1) is 0 Å². The van der Waals surface area contributed by atoms with Crippen molar-refractivity contribution in [3.63, 3.8) is 0 Å². The van der Waals surface area contributed by atoms with Crippen LogP contribution in [0.3, 0.4) is 0 Å². The number of ether oxygens (including phenoxy) is 4. The molecule has 1 heterocycles. The summed E-state index contributed by atoms with van der Waals surface area (Å²) in [6, 6.07) is 0.233. The van der Waals surface area contributed by atoms with Crippen molar-refractivity contribution < 1.29 is 18.9 Å². The average molecular weight is 514 g/mol. The quantitative estimate of drug-likeness (QED) is 0.116. The molecule has 4 atom stereocenters. The minimum atomic E-state index is -0.0182. The molecule has 0 aliphatic carbocycles. The van der Waals surface area contributed by atoms with Crippen LogP contribution in [0.15, 0.2) is 0 Å². The Bertz CT molecular complexity index is 464. The van der Waals surface area contributed by atoms with Gasteiger partial charge in [0.1, 0.15) is 12.2 Å². The fourth-order valence-corrected chi connectivity index (χ4v) is 4.95. The smallest absolute Gasteiger partial charge is 0.113 e. The summed E-state index contributed by atoms with van der Waals surface area (Å²) >= 11 is 0. The number of likely N-dealkylation sites (tertiary alicyclic amines) is 1. The Morgan fingerprint density at radius 2 is 1.03 bits per heavy atom. The Labute approximate surface area is 225 Å². The molecule has 216 valence electrons. The summed E-state index contributed by atoms with van der Waals surface area (Å²) in [5.74, 6) is 0. The standard InChI is InChI=1S/C31H63NO4/c1-6-11-16-17-18-19-20-21-32-26-29(34-23-13-8-3)31(36-25-15-10-5)30(35-24-14-9-4)28(32)27-33-22-12-7-2/h28-31H,6-27H2,1-5H3. The van der Waals surface area contributed by atoms with E-state index >= 15 is 0 Å². The van der Waals surface area contributed by atoms with Gasteiger partial charge in [-0.15, -0.1) is 0 Å². The molecule has 4 unspecified atom stereocenters. The number of nitrogens with zero attached hydrogens (tertiary/aromatic N) is 1. The lowest BCUT2D eigenvalue weighted by Gasteiger charge is -2.48. The maximum atomic E-state index is 6.65. The van der Waals surface area contributed by atoms with Crippen LogP contribution in [0.5, 0.6) is 0 Å². The molecule has 5 nitrogen and oxygen atoms in total. The third-order valence-corrected chi connectivity index (χ3v) is 7.38. The molecule has 1 fully saturated rings. The van der Waals surface area contributed by atoms with Gasteiger partial charge in [-0.2, -0.15) is 0 Å². The molecule has 1 aliphatic rings. The number of hydrogen-bond donors (Lipinski definition) is 0. The van der Waals surface area contributed by atoms with E-state index in [-0.39, 0.29) is 24.4 Å². The van der Waals surface area contributed by atoms with Crippen LogP contribution < -0.4 is 0 Å². The molecule has 1 rings (SSSR count). The van der Waals surface area contributed by atoms with E-state index in [1.165, 1.54) is 51.4 Å². The summed E-state index contributed by atoms with van der Waals surface area (Å²) in [6.45, 7) is 17.1. The molecule has 36 heavy (non-hydrogen) atoms. The predicted octanol–water partition coefficient (Wildman–Crippen LogP) is 7.79. The van der Waals surface area contributed by atoms with E-state index < -0.39 is 0 Å². The molecule has 1 saturated heterocycles. The Balaban J connectivity index is 2.96. The topological polar surface area (TPSA) is 40.2 Å². The monoisotopic (exact) mass is 513 g/mol. The highest BCUT2D eigenvalue weighted by atomic mass is 16.6. The zero-order chi connectivity index (χ0) is 26.3. The van der Waals surface area contributed by atoms with Crippen LogP contribution in [-0.2, 0) is 18.9 Å². The van der Waals surface area contributed by atoms with Gasteiger partial charge in [0.25, 0.3) is 0 Å². The number of rotatable bonds is 25. The van der Waals surface area contributed by atoms with E-state index in [1.807, 2.05) is 0 Å². The van der Waals surface area contributed by atoms with Gasteiger partial charge in [0.15, 0.2) is 0 Å². The number of unbranched alkanes of at least 4 members (excludes halogenated alkanes) is 10. The van der Waals surface area contributed by atoms with E-state index in [0.717, 1.165) is 91.1 Å². The first-order chi connectivity index (χ1) is 17.7. The summed E-state index contributed by atoms with van der Waals surface area (Å²) in [5.41, 5.74) is 0. The van der Waals surface area contributed by atoms with Gasteiger partial charge >= 0.3 is 0 Å². The second-order valence-corrected chi connectivity index (χ2v) is 10.8. The fourth-order valence-electron chi connectivity index (χ4n) is 4.95. The summed E-state index contributed by atoms with van der Waals surface area (Å²) < 4.78 is 26.0. The molecule has 1 aliphatic heterocycles. The molecule has 0 spiro atoms. The fraction of sp³-hybridized carbons (Fsp3) is 1.00. The van der Waals surface area contributed by atoms with Crippen LogP contribution in [0.1, 0.15) is 131 Å². The minimum absolute atomic E-state index is 0.0000339. The Morgan fingerprint density at radius 3 is 1.64 bits per heavy atom. The van der Waals surface area contributed by atoms with Gasteiger partial charge < -0.3 is 18.9 Å². The zero-order valence-electron chi connectivity index (χ0n) is 24.9. The zero-order valence-corrected chi connectivity index (χ0v) is 24.9. The first-order valence-electron chi connectivity index (χ1n) is 15.9. The highest BCUT2D eigenvalue weighted by Crippen LogP contribution is 2.28. The maximum Gasteiger partial charge on any atom is 0.113 e. The van der Waals surface area contributed by atoms with Crippen LogP contribution in [0.4, 0.5) is 0 Å². The highest BCUT2D eigenvalue weighted by molar-refractivity contribution is 4.97. The Kier molecular flexibility index (Phi) is 22.4. The predicted molar refractivity (Wildman–Crippen MR) is 153 cm³/mol. The van der Waals surface area contributed by atoms with Crippen LogP contribution >= 0.6 is 0 Å². The maximum absolute atomic E-state index is 6.65. The Morgan fingerprint density at radius 1 is 0.528 bits per heavy atom. The minimum Gasteiger partial charge on any atom is -0.380 e. The number of hydrogen-bond acceptors (Lipinski definition) is 5. The van der Waals surface area contributed by atoms with Gasteiger partial charge in [-0.1, -0.05) is 98.8 Å². The van der Waals surface area contributed by atoms with Gasteiger partial charge in [0.2, 0.25) is 0 Å².